The molecule has 2 aromatic rings. The van der Waals surface area contributed by atoms with Gasteiger partial charge in [-0.1, -0.05) is 44.2 Å². The van der Waals surface area contributed by atoms with E-state index in [1.807, 2.05) is 17.5 Å². The topological polar surface area (TPSA) is 76.1 Å². The zero-order valence-electron chi connectivity index (χ0n) is 16.1. The number of benzene rings is 1. The number of sulfone groups is 1. The molecule has 0 spiro atoms. The average Bonchev–Trinajstić information content (AvgIpc) is 3.16. The number of aromatic nitrogens is 1. The van der Waals surface area contributed by atoms with Gasteiger partial charge in [0.25, 0.3) is 0 Å². The second kappa shape index (κ2) is 7.59. The molecule has 2 fully saturated rings. The molecule has 5 nitrogen and oxygen atoms in total. The van der Waals surface area contributed by atoms with E-state index in [2.05, 4.69) is 10.3 Å². The number of carbonyl (C=O) groups is 1. The van der Waals surface area contributed by atoms with Crippen LogP contribution in [0.3, 0.4) is 0 Å². The van der Waals surface area contributed by atoms with E-state index in [-0.39, 0.29) is 10.8 Å². The van der Waals surface area contributed by atoms with Gasteiger partial charge < -0.3 is 5.32 Å². The van der Waals surface area contributed by atoms with Crippen LogP contribution in [0, 0.1) is 11.8 Å². The van der Waals surface area contributed by atoms with Gasteiger partial charge in [-0.15, -0.1) is 11.3 Å². The molecule has 0 saturated heterocycles. The molecule has 0 bridgehead atoms. The molecule has 2 unspecified atom stereocenters. The average molecular weight is 419 g/mol. The first-order chi connectivity index (χ1) is 13.4. The van der Waals surface area contributed by atoms with Gasteiger partial charge >= 0.3 is 0 Å². The molecule has 2 aliphatic carbocycles. The van der Waals surface area contributed by atoms with Crippen LogP contribution < -0.4 is 5.32 Å². The molecule has 7 heteroatoms. The van der Waals surface area contributed by atoms with Gasteiger partial charge in [0, 0.05) is 17.8 Å². The largest absolute Gasteiger partial charge is 0.301 e. The van der Waals surface area contributed by atoms with Crippen molar-refractivity contribution in [3.63, 3.8) is 0 Å². The highest BCUT2D eigenvalue weighted by Crippen LogP contribution is 2.58. The van der Waals surface area contributed by atoms with Crippen molar-refractivity contribution in [1.29, 1.82) is 0 Å². The Hall–Kier alpha value is -1.73. The van der Waals surface area contributed by atoms with Gasteiger partial charge in [0.2, 0.25) is 5.91 Å². The molecule has 1 N–H and O–H groups in total. The minimum Gasteiger partial charge on any atom is -0.301 e. The first-order valence-corrected chi connectivity index (χ1v) is 12.7. The first kappa shape index (κ1) is 19.6. The van der Waals surface area contributed by atoms with Crippen LogP contribution in [0.25, 0.3) is 0 Å². The summed E-state index contributed by atoms with van der Waals surface area (Å²) in [6.45, 7) is 0. The van der Waals surface area contributed by atoms with E-state index in [4.69, 9.17) is 0 Å². The summed E-state index contributed by atoms with van der Waals surface area (Å²) < 4.78 is 23.6. The minimum absolute atomic E-state index is 0.0182. The van der Waals surface area contributed by atoms with Crippen LogP contribution in [-0.2, 0) is 20.0 Å². The quantitative estimate of drug-likeness (QED) is 0.754. The van der Waals surface area contributed by atoms with Gasteiger partial charge in [-0.25, -0.2) is 13.4 Å². The minimum atomic E-state index is -3.25. The molecule has 28 heavy (non-hydrogen) atoms. The van der Waals surface area contributed by atoms with Crippen molar-refractivity contribution < 1.29 is 13.2 Å². The summed E-state index contributed by atoms with van der Waals surface area (Å²) in [5.41, 5.74) is 0.342. The third-order valence-electron chi connectivity index (χ3n) is 6.30. The van der Waals surface area contributed by atoms with Crippen molar-refractivity contribution in [2.45, 2.75) is 55.3 Å². The van der Waals surface area contributed by atoms with Gasteiger partial charge in [-0.3, -0.25) is 4.79 Å². The summed E-state index contributed by atoms with van der Waals surface area (Å²) in [6, 6.07) is 6.88. The predicted molar refractivity (Wildman–Crippen MR) is 111 cm³/mol. The standard InChI is InChI=1S/C21H26N2O3S2/c1-28(25,26)18-9-7-16(8-10-18)21(19(24)23-20-22-11-12-27-20)14-17(21)13-15-5-3-2-4-6-15/h7-12,15,17H,2-6,13-14H2,1H3,(H,22,23,24). The lowest BCUT2D eigenvalue weighted by molar-refractivity contribution is -0.119. The Balaban J connectivity index is 1.59. The van der Waals surface area contributed by atoms with Crippen LogP contribution >= 0.6 is 11.3 Å². The van der Waals surface area contributed by atoms with Crippen LogP contribution in [-0.4, -0.2) is 25.6 Å². The molecular weight excluding hydrogens is 392 g/mol. The molecule has 1 heterocycles. The van der Waals surface area contributed by atoms with Gasteiger partial charge in [-0.2, -0.15) is 0 Å². The van der Waals surface area contributed by atoms with Crippen molar-refractivity contribution in [3.05, 3.63) is 41.4 Å². The fraction of sp³-hybridized carbons (Fsp3) is 0.524. The zero-order chi connectivity index (χ0) is 19.8. The van der Waals surface area contributed by atoms with Gasteiger partial charge in [0.1, 0.15) is 0 Å². The monoisotopic (exact) mass is 418 g/mol. The number of hydrogen-bond donors (Lipinski definition) is 1. The molecule has 0 radical (unpaired) electrons. The maximum absolute atomic E-state index is 13.3. The molecule has 1 aromatic heterocycles. The van der Waals surface area contributed by atoms with Crippen molar-refractivity contribution in [2.24, 2.45) is 11.8 Å². The van der Waals surface area contributed by atoms with Gasteiger partial charge in [-0.05, 0) is 42.4 Å². The summed E-state index contributed by atoms with van der Waals surface area (Å²) in [5.74, 6) is 0.985. The lowest BCUT2D eigenvalue weighted by atomic mass is 9.82. The van der Waals surface area contributed by atoms with E-state index in [0.29, 0.717) is 17.0 Å². The number of carbonyl (C=O) groups excluding carboxylic acids is 1. The number of nitrogens with one attached hydrogen (secondary N) is 1. The van der Waals surface area contributed by atoms with Crippen LogP contribution in [0.5, 0.6) is 0 Å². The van der Waals surface area contributed by atoms with E-state index in [0.717, 1.165) is 18.4 Å². The fourth-order valence-electron chi connectivity index (χ4n) is 4.70. The molecule has 2 aliphatic rings. The van der Waals surface area contributed by atoms with E-state index in [1.165, 1.54) is 49.7 Å². The van der Waals surface area contributed by atoms with Crippen LogP contribution in [0.2, 0.25) is 0 Å². The summed E-state index contributed by atoms with van der Waals surface area (Å²) >= 11 is 1.41. The van der Waals surface area contributed by atoms with E-state index in [9.17, 15) is 13.2 Å². The third-order valence-corrected chi connectivity index (χ3v) is 8.12. The van der Waals surface area contributed by atoms with E-state index < -0.39 is 15.3 Å². The molecule has 2 atom stereocenters. The Morgan fingerprint density at radius 2 is 1.93 bits per heavy atom. The molecule has 150 valence electrons. The highest BCUT2D eigenvalue weighted by Gasteiger charge is 2.61. The number of anilines is 1. The summed E-state index contributed by atoms with van der Waals surface area (Å²) in [6.07, 6.45) is 11.2. The van der Waals surface area contributed by atoms with E-state index >= 15 is 0 Å². The second-order valence-corrected chi connectivity index (χ2v) is 11.1. The van der Waals surface area contributed by atoms with Gasteiger partial charge in [0.05, 0.1) is 10.3 Å². The predicted octanol–water partition coefficient (Wildman–Crippen LogP) is 4.41. The molecule has 0 aliphatic heterocycles. The molecule has 2 saturated carbocycles. The molecule has 1 amide bonds. The van der Waals surface area contributed by atoms with E-state index in [1.54, 1.807) is 18.3 Å². The van der Waals surface area contributed by atoms with Crippen molar-refractivity contribution in [3.8, 4) is 0 Å². The number of nitrogens with zero attached hydrogens (tertiary/aromatic N) is 1. The highest BCUT2D eigenvalue weighted by atomic mass is 32.2. The summed E-state index contributed by atoms with van der Waals surface area (Å²) in [5, 5.41) is 5.44. The number of rotatable bonds is 6. The molecule has 4 rings (SSSR count). The normalized spacial score (nSPS) is 25.4. The van der Waals surface area contributed by atoms with Crippen LogP contribution in [0.1, 0.15) is 50.5 Å². The van der Waals surface area contributed by atoms with Gasteiger partial charge in [0.15, 0.2) is 15.0 Å². The lowest BCUT2D eigenvalue weighted by Gasteiger charge is -2.24. The maximum Gasteiger partial charge on any atom is 0.237 e. The van der Waals surface area contributed by atoms with Crippen LogP contribution in [0.15, 0.2) is 40.7 Å². The lowest BCUT2D eigenvalue weighted by Crippen LogP contribution is -2.30. The Kier molecular flexibility index (Phi) is 5.31. The fourth-order valence-corrected chi connectivity index (χ4v) is 5.85. The number of amides is 1. The summed E-state index contributed by atoms with van der Waals surface area (Å²) in [4.78, 5) is 17.7. The highest BCUT2D eigenvalue weighted by molar-refractivity contribution is 7.90. The van der Waals surface area contributed by atoms with Crippen molar-refractivity contribution >= 4 is 32.2 Å². The Bertz CT molecular complexity index is 933. The summed E-state index contributed by atoms with van der Waals surface area (Å²) in [7, 11) is -3.25. The van der Waals surface area contributed by atoms with Crippen molar-refractivity contribution in [1.82, 2.24) is 4.98 Å². The first-order valence-electron chi connectivity index (χ1n) is 9.91. The number of thiazole rings is 1. The van der Waals surface area contributed by atoms with Crippen LogP contribution in [0.4, 0.5) is 5.13 Å². The smallest absolute Gasteiger partial charge is 0.237 e. The SMILES string of the molecule is CS(=O)(=O)c1ccc(C2(C(=O)Nc3nccs3)CC2CC2CCCCC2)cc1. The Morgan fingerprint density at radius 1 is 1.21 bits per heavy atom. The molecular formula is C21H26N2O3S2. The zero-order valence-corrected chi connectivity index (χ0v) is 17.7. The Labute approximate surface area is 170 Å². The van der Waals surface area contributed by atoms with Crippen molar-refractivity contribution in [2.75, 3.05) is 11.6 Å². The molecule has 1 aromatic carbocycles. The number of hydrogen-bond acceptors (Lipinski definition) is 5. The maximum atomic E-state index is 13.3. The third kappa shape index (κ3) is 3.87. The Morgan fingerprint density at radius 3 is 2.54 bits per heavy atom. The second-order valence-electron chi connectivity index (χ2n) is 8.20.